The van der Waals surface area contributed by atoms with Crippen LogP contribution in [-0.2, 0) is 9.59 Å². The van der Waals surface area contributed by atoms with E-state index in [1.807, 2.05) is 60.8 Å². The van der Waals surface area contributed by atoms with Crippen molar-refractivity contribution in [3.8, 4) is 17.0 Å². The molecule has 6 nitrogen and oxygen atoms in total. The summed E-state index contributed by atoms with van der Waals surface area (Å²) in [6.45, 7) is 1.87. The molecule has 0 bridgehead atoms. The lowest BCUT2D eigenvalue weighted by Gasteiger charge is -2.35. The molecule has 1 fully saturated rings. The summed E-state index contributed by atoms with van der Waals surface area (Å²) >= 11 is 6.96. The summed E-state index contributed by atoms with van der Waals surface area (Å²) < 4.78 is 0. The van der Waals surface area contributed by atoms with Gasteiger partial charge in [-0.2, -0.15) is 0 Å². The summed E-state index contributed by atoms with van der Waals surface area (Å²) in [5, 5.41) is 12.5. The molecule has 1 saturated heterocycles. The monoisotopic (exact) mass is 497 g/mol. The second kappa shape index (κ2) is 9.25. The van der Waals surface area contributed by atoms with E-state index in [1.165, 1.54) is 33.3 Å². The van der Waals surface area contributed by atoms with Crippen LogP contribution in [0.4, 0.5) is 10.8 Å². The number of benzene rings is 3. The number of aryl methyl sites for hydroxylation is 1. The number of phenols is 1. The number of anilines is 2. The van der Waals surface area contributed by atoms with Crippen molar-refractivity contribution in [2.24, 2.45) is 0 Å². The minimum atomic E-state index is -0.595. The fourth-order valence-electron chi connectivity index (χ4n) is 3.80. The topological polar surface area (TPSA) is 73.7 Å². The van der Waals surface area contributed by atoms with Gasteiger partial charge in [-0.15, -0.1) is 11.3 Å². The third-order valence-corrected chi connectivity index (χ3v) is 6.79. The number of carbonyl (C=O) groups is 2. The molecule has 3 aromatic carbocycles. The largest absolute Gasteiger partial charge is 0.507 e. The molecular formula is C27H19N3O3S2. The molecule has 2 heterocycles. The summed E-state index contributed by atoms with van der Waals surface area (Å²) in [4.78, 5) is 34.6. The van der Waals surface area contributed by atoms with E-state index in [0.29, 0.717) is 22.1 Å². The van der Waals surface area contributed by atoms with E-state index in [-0.39, 0.29) is 16.4 Å². The average Bonchev–Trinajstić information content (AvgIpc) is 3.34. The zero-order valence-electron chi connectivity index (χ0n) is 18.6. The molecule has 5 rings (SSSR count). The van der Waals surface area contributed by atoms with Gasteiger partial charge in [0.15, 0.2) is 10.2 Å². The fourth-order valence-corrected chi connectivity index (χ4v) is 5.04. The van der Waals surface area contributed by atoms with Gasteiger partial charge in [0, 0.05) is 16.5 Å². The fraction of sp³-hybridized carbons (Fsp3) is 0.0370. The van der Waals surface area contributed by atoms with E-state index in [2.05, 4.69) is 4.98 Å². The standard InChI is InChI=1S/C27H19N3O3S2/c1-17-9-5-7-13-22(17)29-24(32)20(15-19-12-6-8-14-23(19)31)25(33)30(27(29)34)26-28-21(16-35-26)18-10-3-2-4-11-18/h2-16,31H,1H3/b20-15-. The van der Waals surface area contributed by atoms with E-state index in [0.717, 1.165) is 11.1 Å². The molecule has 0 saturated carbocycles. The highest BCUT2D eigenvalue weighted by molar-refractivity contribution is 7.81. The molecule has 2 amide bonds. The van der Waals surface area contributed by atoms with Gasteiger partial charge in [-0.1, -0.05) is 66.7 Å². The predicted octanol–water partition coefficient (Wildman–Crippen LogP) is 5.57. The highest BCUT2D eigenvalue weighted by Gasteiger charge is 2.42. The Labute approximate surface area is 211 Å². The summed E-state index contributed by atoms with van der Waals surface area (Å²) in [7, 11) is 0. The van der Waals surface area contributed by atoms with Gasteiger partial charge in [0.25, 0.3) is 11.8 Å². The zero-order valence-corrected chi connectivity index (χ0v) is 20.2. The first-order chi connectivity index (χ1) is 17.0. The lowest BCUT2D eigenvalue weighted by Crippen LogP contribution is -2.57. The van der Waals surface area contributed by atoms with Crippen LogP contribution in [0.3, 0.4) is 0 Å². The number of aromatic hydroxyl groups is 1. The maximum Gasteiger partial charge on any atom is 0.272 e. The zero-order chi connectivity index (χ0) is 24.5. The number of hydrogen-bond acceptors (Lipinski definition) is 6. The first-order valence-corrected chi connectivity index (χ1v) is 12.0. The molecule has 0 radical (unpaired) electrons. The van der Waals surface area contributed by atoms with Crippen molar-refractivity contribution in [2.45, 2.75) is 6.92 Å². The summed E-state index contributed by atoms with van der Waals surface area (Å²) in [6.07, 6.45) is 1.39. The normalized spacial score (nSPS) is 15.2. The van der Waals surface area contributed by atoms with E-state index in [4.69, 9.17) is 12.2 Å². The van der Waals surface area contributed by atoms with Crippen molar-refractivity contribution in [1.82, 2.24) is 4.98 Å². The van der Waals surface area contributed by atoms with Crippen LogP contribution in [0.25, 0.3) is 17.3 Å². The molecule has 0 unspecified atom stereocenters. The summed E-state index contributed by atoms with van der Waals surface area (Å²) in [5.74, 6) is -1.20. The molecule has 1 aliphatic rings. The van der Waals surface area contributed by atoms with E-state index in [9.17, 15) is 14.7 Å². The molecule has 8 heteroatoms. The third kappa shape index (κ3) is 4.14. The third-order valence-electron chi connectivity index (χ3n) is 5.60. The molecule has 0 atom stereocenters. The van der Waals surface area contributed by atoms with E-state index < -0.39 is 11.8 Å². The number of hydrogen-bond donors (Lipinski definition) is 1. The minimum absolute atomic E-state index is 0.0256. The SMILES string of the molecule is Cc1ccccc1N1C(=O)/C(=C/c2ccccc2O)C(=O)N(c2nc(-c3ccccc3)cs2)C1=S. The van der Waals surface area contributed by atoms with Crippen molar-refractivity contribution in [3.63, 3.8) is 0 Å². The molecule has 172 valence electrons. The van der Waals surface area contributed by atoms with Crippen molar-refractivity contribution < 1.29 is 14.7 Å². The lowest BCUT2D eigenvalue weighted by molar-refractivity contribution is -0.120. The van der Waals surface area contributed by atoms with Gasteiger partial charge in [-0.05, 0) is 42.9 Å². The Morgan fingerprint density at radius 3 is 2.29 bits per heavy atom. The van der Waals surface area contributed by atoms with Crippen molar-refractivity contribution in [1.29, 1.82) is 0 Å². The number of para-hydroxylation sites is 2. The average molecular weight is 498 g/mol. The van der Waals surface area contributed by atoms with Crippen LogP contribution in [0.1, 0.15) is 11.1 Å². The minimum Gasteiger partial charge on any atom is -0.507 e. The molecule has 1 N–H and O–H groups in total. The Kier molecular flexibility index (Phi) is 5.98. The van der Waals surface area contributed by atoms with Crippen molar-refractivity contribution >= 4 is 57.4 Å². The lowest BCUT2D eigenvalue weighted by atomic mass is 10.0. The van der Waals surface area contributed by atoms with Crippen LogP contribution < -0.4 is 9.80 Å². The van der Waals surface area contributed by atoms with Crippen molar-refractivity contribution in [3.05, 3.63) is 101 Å². The molecule has 0 spiro atoms. The Morgan fingerprint density at radius 2 is 1.54 bits per heavy atom. The van der Waals surface area contributed by atoms with Gasteiger partial charge in [0.2, 0.25) is 0 Å². The van der Waals surface area contributed by atoms with Crippen LogP contribution in [0.2, 0.25) is 0 Å². The van der Waals surface area contributed by atoms with Gasteiger partial charge in [-0.25, -0.2) is 9.88 Å². The van der Waals surface area contributed by atoms with Crippen LogP contribution in [0.15, 0.2) is 89.8 Å². The molecule has 0 aliphatic carbocycles. The number of carbonyl (C=O) groups excluding carboxylic acids is 2. The maximum absolute atomic E-state index is 13.7. The van der Waals surface area contributed by atoms with Crippen LogP contribution in [-0.4, -0.2) is 27.0 Å². The highest BCUT2D eigenvalue weighted by atomic mass is 32.1. The number of amides is 2. The maximum atomic E-state index is 13.7. The molecule has 1 aliphatic heterocycles. The second-order valence-electron chi connectivity index (χ2n) is 7.85. The molecule has 4 aromatic rings. The summed E-state index contributed by atoms with van der Waals surface area (Å²) in [5.41, 5.74) is 3.23. The Bertz CT molecular complexity index is 1490. The van der Waals surface area contributed by atoms with Gasteiger partial charge < -0.3 is 5.11 Å². The predicted molar refractivity (Wildman–Crippen MR) is 142 cm³/mol. The van der Waals surface area contributed by atoms with Crippen molar-refractivity contribution in [2.75, 3.05) is 9.80 Å². The van der Waals surface area contributed by atoms with E-state index >= 15 is 0 Å². The second-order valence-corrected chi connectivity index (χ2v) is 9.05. The number of aromatic nitrogens is 1. The van der Waals surface area contributed by atoms with Gasteiger partial charge in [0.05, 0.1) is 11.4 Å². The smallest absolute Gasteiger partial charge is 0.272 e. The number of thiazole rings is 1. The number of rotatable bonds is 4. The number of nitrogens with zero attached hydrogens (tertiary/aromatic N) is 3. The molecule has 35 heavy (non-hydrogen) atoms. The molecular weight excluding hydrogens is 478 g/mol. The van der Waals surface area contributed by atoms with E-state index in [1.54, 1.807) is 24.3 Å². The first-order valence-electron chi connectivity index (χ1n) is 10.7. The number of thiocarbonyl (C=S) groups is 1. The first kappa shape index (κ1) is 22.6. The summed E-state index contributed by atoms with van der Waals surface area (Å²) in [6, 6.07) is 23.5. The quantitative estimate of drug-likeness (QED) is 0.227. The van der Waals surface area contributed by atoms with Crippen LogP contribution in [0, 0.1) is 6.92 Å². The van der Waals surface area contributed by atoms with Gasteiger partial charge >= 0.3 is 0 Å². The Morgan fingerprint density at radius 1 is 0.886 bits per heavy atom. The highest BCUT2D eigenvalue weighted by Crippen LogP contribution is 2.35. The van der Waals surface area contributed by atoms with Gasteiger partial charge in [0.1, 0.15) is 11.3 Å². The molecule has 1 aromatic heterocycles. The van der Waals surface area contributed by atoms with Crippen LogP contribution >= 0.6 is 23.6 Å². The number of phenolic OH excluding ortho intramolecular Hbond substituents is 1. The Hall–Kier alpha value is -4.14. The van der Waals surface area contributed by atoms with Crippen LogP contribution in [0.5, 0.6) is 5.75 Å². The Balaban J connectivity index is 1.65. The van der Waals surface area contributed by atoms with Gasteiger partial charge in [-0.3, -0.25) is 14.5 Å².